The van der Waals surface area contributed by atoms with Crippen molar-refractivity contribution in [3.8, 4) is 0 Å². The number of carbonyl (C=O) groups excluding carboxylic acids is 1. The fourth-order valence-electron chi connectivity index (χ4n) is 2.27. The van der Waals surface area contributed by atoms with Gasteiger partial charge in [-0.1, -0.05) is 23.2 Å². The Bertz CT molecular complexity index is 917. The van der Waals surface area contributed by atoms with Crippen molar-refractivity contribution in [2.45, 2.75) is 0 Å². The Morgan fingerprint density at radius 2 is 1.73 bits per heavy atom. The summed E-state index contributed by atoms with van der Waals surface area (Å²) in [5, 5.41) is 25.4. The molecule has 1 N–H and O–H groups in total. The Morgan fingerprint density at radius 3 is 2.27 bits per heavy atom. The Morgan fingerprint density at radius 1 is 1.08 bits per heavy atom. The highest BCUT2D eigenvalue weighted by Gasteiger charge is 2.29. The van der Waals surface area contributed by atoms with Crippen LogP contribution in [0.2, 0.25) is 10.0 Å². The molecule has 0 radical (unpaired) electrons. The number of halogens is 2. The normalized spacial score (nSPS) is 10.3. The summed E-state index contributed by atoms with van der Waals surface area (Å²) in [5.74, 6) is -0.801. The molecular weight excluding hydrogens is 387 g/mol. The molecular formula is C15H12Cl2N4O5. The van der Waals surface area contributed by atoms with Gasteiger partial charge in [0.25, 0.3) is 17.3 Å². The van der Waals surface area contributed by atoms with Crippen molar-refractivity contribution in [2.24, 2.45) is 0 Å². The SMILES string of the molecule is CN(C)c1c(C(=O)Nc2cc(Cl)ccc2Cl)cc([N+](=O)[O-])cc1[N+](=O)[O-]. The number of nitro groups is 2. The number of carbonyl (C=O) groups is 1. The average Bonchev–Trinajstić information content (AvgIpc) is 2.56. The third-order valence-corrected chi connectivity index (χ3v) is 3.92. The van der Waals surface area contributed by atoms with E-state index < -0.39 is 27.1 Å². The van der Waals surface area contributed by atoms with E-state index in [9.17, 15) is 25.0 Å². The lowest BCUT2D eigenvalue weighted by Crippen LogP contribution is -2.20. The zero-order valence-corrected chi connectivity index (χ0v) is 15.0. The van der Waals surface area contributed by atoms with E-state index in [1.165, 1.54) is 37.2 Å². The molecule has 0 unspecified atom stereocenters. The van der Waals surface area contributed by atoms with E-state index in [1.807, 2.05) is 0 Å². The van der Waals surface area contributed by atoms with Gasteiger partial charge in [-0.3, -0.25) is 25.0 Å². The molecule has 0 aliphatic rings. The van der Waals surface area contributed by atoms with Gasteiger partial charge < -0.3 is 10.2 Å². The first kappa shape index (κ1) is 19.4. The summed E-state index contributed by atoms with van der Waals surface area (Å²) in [4.78, 5) is 34.8. The lowest BCUT2D eigenvalue weighted by molar-refractivity contribution is -0.393. The van der Waals surface area contributed by atoms with E-state index in [0.717, 1.165) is 12.1 Å². The van der Waals surface area contributed by atoms with E-state index in [4.69, 9.17) is 23.2 Å². The summed E-state index contributed by atoms with van der Waals surface area (Å²) in [6.45, 7) is 0. The number of nitro benzene ring substituents is 2. The summed E-state index contributed by atoms with van der Waals surface area (Å²) in [5.41, 5.74) is -1.29. The van der Waals surface area contributed by atoms with Gasteiger partial charge in [0.2, 0.25) is 0 Å². The van der Waals surface area contributed by atoms with Crippen LogP contribution in [-0.2, 0) is 0 Å². The Kier molecular flexibility index (Phi) is 5.63. The fraction of sp³-hybridized carbons (Fsp3) is 0.133. The van der Waals surface area contributed by atoms with Crippen LogP contribution in [0.15, 0.2) is 30.3 Å². The van der Waals surface area contributed by atoms with Crippen LogP contribution in [0.1, 0.15) is 10.4 Å². The van der Waals surface area contributed by atoms with Gasteiger partial charge in [0, 0.05) is 25.2 Å². The predicted molar refractivity (Wildman–Crippen MR) is 98.5 cm³/mol. The minimum absolute atomic E-state index is 0.0729. The maximum absolute atomic E-state index is 12.7. The van der Waals surface area contributed by atoms with E-state index >= 15 is 0 Å². The Labute approximate surface area is 157 Å². The molecule has 0 saturated heterocycles. The molecule has 0 aliphatic carbocycles. The highest BCUT2D eigenvalue weighted by Crippen LogP contribution is 2.36. The van der Waals surface area contributed by atoms with Crippen LogP contribution in [0.4, 0.5) is 22.7 Å². The summed E-state index contributed by atoms with van der Waals surface area (Å²) in [6, 6.07) is 6.14. The Hall–Kier alpha value is -2.91. The highest BCUT2D eigenvalue weighted by atomic mass is 35.5. The molecule has 0 aromatic heterocycles. The first-order valence-electron chi connectivity index (χ1n) is 7.02. The number of anilines is 2. The standard InChI is InChI=1S/C15H12Cl2N4O5/c1-19(2)14-10(6-9(20(23)24)7-13(14)21(25)26)15(22)18-12-5-8(16)3-4-11(12)17/h3-7H,1-2H3,(H,18,22). The zero-order valence-electron chi connectivity index (χ0n) is 13.5. The molecule has 2 aromatic rings. The minimum Gasteiger partial charge on any atom is -0.371 e. The third-order valence-electron chi connectivity index (χ3n) is 3.35. The molecule has 0 bridgehead atoms. The number of amides is 1. The van der Waals surface area contributed by atoms with Crippen molar-refractivity contribution in [1.82, 2.24) is 0 Å². The van der Waals surface area contributed by atoms with Gasteiger partial charge in [-0.2, -0.15) is 0 Å². The van der Waals surface area contributed by atoms with E-state index in [2.05, 4.69) is 5.32 Å². The number of hydrogen-bond acceptors (Lipinski definition) is 6. The molecule has 0 fully saturated rings. The van der Waals surface area contributed by atoms with Crippen molar-refractivity contribution in [1.29, 1.82) is 0 Å². The predicted octanol–water partition coefficient (Wildman–Crippen LogP) is 4.13. The second-order valence-corrected chi connectivity index (χ2v) is 6.19. The molecule has 26 heavy (non-hydrogen) atoms. The lowest BCUT2D eigenvalue weighted by Gasteiger charge is -2.17. The molecule has 0 saturated carbocycles. The molecule has 1 amide bonds. The van der Waals surface area contributed by atoms with Gasteiger partial charge in [0.1, 0.15) is 5.69 Å². The summed E-state index contributed by atoms with van der Waals surface area (Å²) in [7, 11) is 2.97. The number of rotatable bonds is 5. The highest BCUT2D eigenvalue weighted by molar-refractivity contribution is 6.36. The largest absolute Gasteiger partial charge is 0.371 e. The van der Waals surface area contributed by atoms with Crippen LogP contribution in [0.25, 0.3) is 0 Å². The first-order valence-corrected chi connectivity index (χ1v) is 7.78. The van der Waals surface area contributed by atoms with Crippen molar-refractivity contribution in [2.75, 3.05) is 24.3 Å². The van der Waals surface area contributed by atoms with Crippen LogP contribution in [-0.4, -0.2) is 29.8 Å². The molecule has 0 heterocycles. The monoisotopic (exact) mass is 398 g/mol. The molecule has 11 heteroatoms. The van der Waals surface area contributed by atoms with Gasteiger partial charge in [-0.05, 0) is 18.2 Å². The quantitative estimate of drug-likeness (QED) is 0.597. The summed E-state index contributed by atoms with van der Waals surface area (Å²) >= 11 is 11.9. The molecule has 2 aromatic carbocycles. The van der Waals surface area contributed by atoms with Crippen LogP contribution in [0, 0.1) is 20.2 Å². The average molecular weight is 399 g/mol. The van der Waals surface area contributed by atoms with Crippen molar-refractivity contribution < 1.29 is 14.6 Å². The van der Waals surface area contributed by atoms with Crippen molar-refractivity contribution >= 4 is 51.9 Å². The number of benzene rings is 2. The second kappa shape index (κ2) is 7.54. The first-order chi connectivity index (χ1) is 12.1. The molecule has 0 aliphatic heterocycles. The van der Waals surface area contributed by atoms with Crippen molar-refractivity contribution in [3.05, 3.63) is 66.2 Å². The van der Waals surface area contributed by atoms with E-state index in [0.29, 0.717) is 5.02 Å². The molecule has 9 nitrogen and oxygen atoms in total. The number of hydrogen-bond donors (Lipinski definition) is 1. The maximum Gasteiger partial charge on any atom is 0.300 e. The summed E-state index contributed by atoms with van der Waals surface area (Å²) < 4.78 is 0. The van der Waals surface area contributed by atoms with E-state index in [-0.39, 0.29) is 22.0 Å². The molecule has 0 atom stereocenters. The van der Waals surface area contributed by atoms with E-state index in [1.54, 1.807) is 0 Å². The van der Waals surface area contributed by atoms with Crippen LogP contribution >= 0.6 is 23.2 Å². The second-order valence-electron chi connectivity index (χ2n) is 5.35. The number of non-ortho nitro benzene ring substituents is 1. The summed E-state index contributed by atoms with van der Waals surface area (Å²) in [6.07, 6.45) is 0. The fourth-order valence-corrected chi connectivity index (χ4v) is 2.61. The van der Waals surface area contributed by atoms with Crippen LogP contribution in [0.5, 0.6) is 0 Å². The molecule has 136 valence electrons. The molecule has 0 spiro atoms. The number of nitrogens with zero attached hydrogens (tertiary/aromatic N) is 3. The maximum atomic E-state index is 12.7. The van der Waals surface area contributed by atoms with Gasteiger partial charge in [0.15, 0.2) is 0 Å². The lowest BCUT2D eigenvalue weighted by atomic mass is 10.1. The van der Waals surface area contributed by atoms with Gasteiger partial charge in [-0.15, -0.1) is 0 Å². The smallest absolute Gasteiger partial charge is 0.300 e. The van der Waals surface area contributed by atoms with Gasteiger partial charge >= 0.3 is 0 Å². The van der Waals surface area contributed by atoms with Crippen LogP contribution < -0.4 is 10.2 Å². The van der Waals surface area contributed by atoms with Gasteiger partial charge in [0.05, 0.1) is 32.2 Å². The zero-order chi connectivity index (χ0) is 19.6. The Balaban J connectivity index is 2.62. The minimum atomic E-state index is -0.810. The topological polar surface area (TPSA) is 119 Å². The van der Waals surface area contributed by atoms with Crippen LogP contribution in [0.3, 0.4) is 0 Å². The number of nitrogens with one attached hydrogen (secondary N) is 1. The third kappa shape index (κ3) is 4.01. The van der Waals surface area contributed by atoms with Gasteiger partial charge in [-0.25, -0.2) is 0 Å². The van der Waals surface area contributed by atoms with Crippen molar-refractivity contribution in [3.63, 3.8) is 0 Å². The molecule has 2 rings (SSSR count).